The van der Waals surface area contributed by atoms with Gasteiger partial charge in [0.1, 0.15) is 0 Å². The predicted octanol–water partition coefficient (Wildman–Crippen LogP) is 5.26. The van der Waals surface area contributed by atoms with Crippen LogP contribution in [0.4, 0.5) is 0 Å². The third-order valence-corrected chi connectivity index (χ3v) is 4.13. The van der Waals surface area contributed by atoms with Crippen LogP contribution < -0.4 is 0 Å². The molecule has 108 valence electrons. The zero-order valence-corrected chi connectivity index (χ0v) is 13.3. The number of thioether (sulfide) groups is 1. The molecule has 0 unspecified atom stereocenters. The lowest BCUT2D eigenvalue weighted by Crippen LogP contribution is -1.93. The molecule has 0 amide bonds. The Labute approximate surface area is 131 Å². The minimum Gasteiger partial charge on any atom is -0.289 e. The van der Waals surface area contributed by atoms with E-state index in [0.717, 1.165) is 23.3 Å². The molecule has 0 saturated heterocycles. The van der Waals surface area contributed by atoms with Gasteiger partial charge in [-0.2, -0.15) is 0 Å². The van der Waals surface area contributed by atoms with E-state index >= 15 is 0 Å². The molecule has 0 N–H and O–H groups in total. The molecule has 0 atom stereocenters. The fraction of sp³-hybridized carbons (Fsp3) is 0.211. The van der Waals surface area contributed by atoms with Gasteiger partial charge in [0.05, 0.1) is 0 Å². The summed E-state index contributed by atoms with van der Waals surface area (Å²) in [5.74, 6) is 1.09. The van der Waals surface area contributed by atoms with Crippen molar-refractivity contribution in [2.24, 2.45) is 0 Å². The number of benzene rings is 2. The second-order valence-electron chi connectivity index (χ2n) is 4.75. The molecule has 21 heavy (non-hydrogen) atoms. The highest BCUT2D eigenvalue weighted by Crippen LogP contribution is 2.18. The second kappa shape index (κ2) is 7.84. The van der Waals surface area contributed by atoms with Crippen LogP contribution in [0.3, 0.4) is 0 Å². The standard InChI is InChI=1S/C19H20OS/c1-3-15-6-5-7-16(14-15)8-13-19(20)17-9-11-18(12-10-17)21-4-2/h5-14H,3-4H2,1-2H3. The Balaban J connectivity index is 2.07. The number of allylic oxidation sites excluding steroid dienone is 1. The number of carbonyl (C=O) groups is 1. The number of ketones is 1. The first-order valence-electron chi connectivity index (χ1n) is 7.27. The molecule has 0 heterocycles. The van der Waals surface area contributed by atoms with Gasteiger partial charge in [0.15, 0.2) is 5.78 Å². The van der Waals surface area contributed by atoms with Gasteiger partial charge in [-0.1, -0.05) is 44.2 Å². The summed E-state index contributed by atoms with van der Waals surface area (Å²) in [7, 11) is 0. The first-order chi connectivity index (χ1) is 10.2. The molecule has 2 rings (SSSR count). The summed E-state index contributed by atoms with van der Waals surface area (Å²) in [6.07, 6.45) is 4.54. The van der Waals surface area contributed by atoms with Crippen LogP contribution >= 0.6 is 11.8 Å². The van der Waals surface area contributed by atoms with E-state index < -0.39 is 0 Å². The lowest BCUT2D eigenvalue weighted by Gasteiger charge is -2.00. The molecular formula is C19H20OS. The molecule has 0 saturated carbocycles. The van der Waals surface area contributed by atoms with Crippen molar-refractivity contribution in [3.05, 3.63) is 71.3 Å². The van der Waals surface area contributed by atoms with E-state index in [4.69, 9.17) is 0 Å². The second-order valence-corrected chi connectivity index (χ2v) is 6.09. The number of rotatable bonds is 6. The molecule has 2 aromatic rings. The summed E-state index contributed by atoms with van der Waals surface area (Å²) in [5.41, 5.74) is 3.09. The topological polar surface area (TPSA) is 17.1 Å². The molecule has 2 aromatic carbocycles. The van der Waals surface area contributed by atoms with E-state index in [1.165, 1.54) is 10.5 Å². The van der Waals surface area contributed by atoms with Crippen molar-refractivity contribution >= 4 is 23.6 Å². The van der Waals surface area contributed by atoms with E-state index in [2.05, 4.69) is 26.0 Å². The monoisotopic (exact) mass is 296 g/mol. The van der Waals surface area contributed by atoms with E-state index in [1.54, 1.807) is 17.8 Å². The summed E-state index contributed by atoms with van der Waals surface area (Å²) in [6.45, 7) is 4.25. The molecule has 0 aliphatic rings. The lowest BCUT2D eigenvalue weighted by molar-refractivity contribution is 0.104. The number of aryl methyl sites for hydroxylation is 1. The summed E-state index contributed by atoms with van der Waals surface area (Å²) in [6, 6.07) is 16.1. The maximum Gasteiger partial charge on any atom is 0.185 e. The third-order valence-electron chi connectivity index (χ3n) is 3.24. The molecule has 0 fully saturated rings. The van der Waals surface area contributed by atoms with Gasteiger partial charge in [0.25, 0.3) is 0 Å². The Morgan fingerprint density at radius 3 is 2.52 bits per heavy atom. The molecular weight excluding hydrogens is 276 g/mol. The fourth-order valence-corrected chi connectivity index (χ4v) is 2.73. The number of hydrogen-bond donors (Lipinski definition) is 0. The van der Waals surface area contributed by atoms with Gasteiger partial charge in [0.2, 0.25) is 0 Å². The van der Waals surface area contributed by atoms with E-state index in [0.29, 0.717) is 0 Å². The average Bonchev–Trinajstić information content (AvgIpc) is 2.54. The maximum atomic E-state index is 12.1. The molecule has 0 radical (unpaired) electrons. The lowest BCUT2D eigenvalue weighted by atomic mass is 10.1. The molecule has 2 heteroatoms. The minimum absolute atomic E-state index is 0.0463. The first kappa shape index (κ1) is 15.6. The van der Waals surface area contributed by atoms with Crippen LogP contribution in [0.2, 0.25) is 0 Å². The maximum absolute atomic E-state index is 12.1. The Bertz CT molecular complexity index is 626. The Kier molecular flexibility index (Phi) is 5.82. The van der Waals surface area contributed by atoms with Crippen molar-refractivity contribution in [1.82, 2.24) is 0 Å². The van der Waals surface area contributed by atoms with Gasteiger partial charge in [-0.25, -0.2) is 0 Å². The van der Waals surface area contributed by atoms with Gasteiger partial charge >= 0.3 is 0 Å². The van der Waals surface area contributed by atoms with Crippen LogP contribution in [0.5, 0.6) is 0 Å². The van der Waals surface area contributed by atoms with Gasteiger partial charge in [-0.15, -0.1) is 11.8 Å². The van der Waals surface area contributed by atoms with E-state index in [9.17, 15) is 4.79 Å². The summed E-state index contributed by atoms with van der Waals surface area (Å²) in [4.78, 5) is 13.4. The summed E-state index contributed by atoms with van der Waals surface area (Å²) >= 11 is 1.78. The van der Waals surface area contributed by atoms with Crippen molar-refractivity contribution in [3.63, 3.8) is 0 Å². The van der Waals surface area contributed by atoms with E-state index in [1.807, 2.05) is 42.5 Å². The van der Waals surface area contributed by atoms with Gasteiger partial charge in [-0.3, -0.25) is 4.79 Å². The largest absolute Gasteiger partial charge is 0.289 e. The number of carbonyl (C=O) groups excluding carboxylic acids is 1. The molecule has 0 aliphatic carbocycles. The molecule has 1 nitrogen and oxygen atoms in total. The Hall–Kier alpha value is -1.80. The minimum atomic E-state index is 0.0463. The van der Waals surface area contributed by atoms with Crippen LogP contribution in [0.15, 0.2) is 59.5 Å². The highest BCUT2D eigenvalue weighted by atomic mass is 32.2. The normalized spacial score (nSPS) is 11.0. The zero-order valence-electron chi connectivity index (χ0n) is 12.5. The third kappa shape index (κ3) is 4.61. The van der Waals surface area contributed by atoms with Crippen LogP contribution in [0.25, 0.3) is 6.08 Å². The highest BCUT2D eigenvalue weighted by Gasteiger charge is 2.02. The molecule has 0 bridgehead atoms. The van der Waals surface area contributed by atoms with Crippen molar-refractivity contribution in [2.45, 2.75) is 25.2 Å². The number of hydrogen-bond acceptors (Lipinski definition) is 2. The highest BCUT2D eigenvalue weighted by molar-refractivity contribution is 7.99. The van der Waals surface area contributed by atoms with Gasteiger partial charge < -0.3 is 0 Å². The van der Waals surface area contributed by atoms with Gasteiger partial charge in [-0.05, 0) is 53.6 Å². The van der Waals surface area contributed by atoms with Crippen LogP contribution in [0.1, 0.15) is 35.3 Å². The quantitative estimate of drug-likeness (QED) is 0.411. The molecule has 0 aromatic heterocycles. The van der Waals surface area contributed by atoms with Crippen molar-refractivity contribution < 1.29 is 4.79 Å². The van der Waals surface area contributed by atoms with Crippen molar-refractivity contribution in [2.75, 3.05) is 5.75 Å². The smallest absolute Gasteiger partial charge is 0.185 e. The Morgan fingerprint density at radius 1 is 1.10 bits per heavy atom. The SMILES string of the molecule is CCSc1ccc(C(=O)C=Cc2cccc(CC)c2)cc1. The van der Waals surface area contributed by atoms with Gasteiger partial charge in [0, 0.05) is 10.5 Å². The molecule has 0 aliphatic heterocycles. The average molecular weight is 296 g/mol. The van der Waals surface area contributed by atoms with E-state index in [-0.39, 0.29) is 5.78 Å². The Morgan fingerprint density at radius 2 is 1.86 bits per heavy atom. The zero-order chi connectivity index (χ0) is 15.1. The van der Waals surface area contributed by atoms with Crippen molar-refractivity contribution in [3.8, 4) is 0 Å². The van der Waals surface area contributed by atoms with Crippen molar-refractivity contribution in [1.29, 1.82) is 0 Å². The predicted molar refractivity (Wildman–Crippen MR) is 92.0 cm³/mol. The van der Waals surface area contributed by atoms with Crippen LogP contribution in [0, 0.1) is 0 Å². The summed E-state index contributed by atoms with van der Waals surface area (Å²) < 4.78 is 0. The summed E-state index contributed by atoms with van der Waals surface area (Å²) in [5, 5.41) is 0. The first-order valence-corrected chi connectivity index (χ1v) is 8.25. The van der Waals surface area contributed by atoms with Crippen LogP contribution in [-0.2, 0) is 6.42 Å². The van der Waals surface area contributed by atoms with Crippen LogP contribution in [-0.4, -0.2) is 11.5 Å². The molecule has 0 spiro atoms. The fourth-order valence-electron chi connectivity index (χ4n) is 2.07.